The van der Waals surface area contributed by atoms with Crippen molar-refractivity contribution in [2.75, 3.05) is 13.2 Å². The van der Waals surface area contributed by atoms with Crippen LogP contribution in [-0.4, -0.2) is 38.6 Å². The molecule has 0 aliphatic heterocycles. The van der Waals surface area contributed by atoms with Crippen LogP contribution in [0.5, 0.6) is 0 Å². The van der Waals surface area contributed by atoms with Crippen LogP contribution in [0.3, 0.4) is 0 Å². The zero-order chi connectivity index (χ0) is 17.4. The minimum Gasteiger partial charge on any atom is -0.395 e. The van der Waals surface area contributed by atoms with Crippen molar-refractivity contribution in [3.63, 3.8) is 0 Å². The molecule has 3 N–H and O–H groups in total. The van der Waals surface area contributed by atoms with Gasteiger partial charge in [-0.05, 0) is 24.1 Å². The first-order valence-electron chi connectivity index (χ1n) is 7.53. The largest absolute Gasteiger partial charge is 0.395 e. The number of carbonyl (C=O) groups excluding carboxylic acids is 1. The summed E-state index contributed by atoms with van der Waals surface area (Å²) in [5.41, 5.74) is 0.831. The van der Waals surface area contributed by atoms with Gasteiger partial charge >= 0.3 is 0 Å². The smallest absolute Gasteiger partial charge is 0.241 e. The van der Waals surface area contributed by atoms with Gasteiger partial charge in [-0.15, -0.1) is 0 Å². The van der Waals surface area contributed by atoms with E-state index in [9.17, 15) is 13.2 Å². The van der Waals surface area contributed by atoms with Gasteiger partial charge in [0.25, 0.3) is 0 Å². The molecule has 0 aliphatic carbocycles. The van der Waals surface area contributed by atoms with Gasteiger partial charge < -0.3 is 10.4 Å². The van der Waals surface area contributed by atoms with Crippen molar-refractivity contribution in [1.82, 2.24) is 10.0 Å². The summed E-state index contributed by atoms with van der Waals surface area (Å²) in [5, 5.41) is 11.4. The summed E-state index contributed by atoms with van der Waals surface area (Å²) in [6, 6.07) is 16.1. The second-order valence-corrected chi connectivity index (χ2v) is 6.91. The molecular formula is C17H20N2O4S. The van der Waals surface area contributed by atoms with Crippen LogP contribution in [0.2, 0.25) is 0 Å². The summed E-state index contributed by atoms with van der Waals surface area (Å²) in [4.78, 5) is 12.4. The SMILES string of the molecule is O=C(NCCO)[C@@H](Cc1ccccc1)NS(=O)(=O)c1ccccc1. The van der Waals surface area contributed by atoms with Gasteiger partial charge in [-0.1, -0.05) is 48.5 Å². The fraction of sp³-hybridized carbons (Fsp3) is 0.235. The normalized spacial score (nSPS) is 12.5. The molecule has 7 heteroatoms. The van der Waals surface area contributed by atoms with Crippen molar-refractivity contribution in [3.8, 4) is 0 Å². The second-order valence-electron chi connectivity index (χ2n) is 5.19. The zero-order valence-electron chi connectivity index (χ0n) is 13.1. The zero-order valence-corrected chi connectivity index (χ0v) is 13.9. The summed E-state index contributed by atoms with van der Waals surface area (Å²) in [7, 11) is -3.82. The molecule has 0 radical (unpaired) electrons. The number of aliphatic hydroxyl groups excluding tert-OH is 1. The van der Waals surface area contributed by atoms with Gasteiger partial charge in [-0.25, -0.2) is 8.42 Å². The summed E-state index contributed by atoms with van der Waals surface area (Å²) in [5.74, 6) is -0.479. The monoisotopic (exact) mass is 348 g/mol. The van der Waals surface area contributed by atoms with Crippen LogP contribution in [0, 0.1) is 0 Å². The van der Waals surface area contributed by atoms with Crippen LogP contribution in [0.25, 0.3) is 0 Å². The van der Waals surface area contributed by atoms with E-state index >= 15 is 0 Å². The summed E-state index contributed by atoms with van der Waals surface area (Å²) in [6.45, 7) is -0.146. The van der Waals surface area contributed by atoms with Gasteiger partial charge in [-0.2, -0.15) is 4.72 Å². The van der Waals surface area contributed by atoms with Crippen molar-refractivity contribution < 1.29 is 18.3 Å². The van der Waals surface area contributed by atoms with E-state index in [1.165, 1.54) is 12.1 Å². The Hall–Kier alpha value is -2.22. The lowest BCUT2D eigenvalue weighted by Gasteiger charge is -2.18. The van der Waals surface area contributed by atoms with Crippen molar-refractivity contribution in [3.05, 3.63) is 66.2 Å². The molecule has 0 aromatic heterocycles. The first-order valence-corrected chi connectivity index (χ1v) is 9.01. The quantitative estimate of drug-likeness (QED) is 0.654. The fourth-order valence-electron chi connectivity index (χ4n) is 2.19. The van der Waals surface area contributed by atoms with Gasteiger partial charge in [0.05, 0.1) is 11.5 Å². The van der Waals surface area contributed by atoms with E-state index < -0.39 is 22.0 Å². The molecule has 0 bridgehead atoms. The number of rotatable bonds is 8. The van der Waals surface area contributed by atoms with Crippen molar-refractivity contribution >= 4 is 15.9 Å². The van der Waals surface area contributed by atoms with E-state index in [4.69, 9.17) is 5.11 Å². The van der Waals surface area contributed by atoms with Gasteiger partial charge in [0.1, 0.15) is 6.04 Å². The summed E-state index contributed by atoms with van der Waals surface area (Å²) < 4.78 is 27.4. The molecule has 0 saturated heterocycles. The standard InChI is InChI=1S/C17H20N2O4S/c20-12-11-18-17(21)16(13-14-7-3-1-4-8-14)19-24(22,23)15-9-5-2-6-10-15/h1-10,16,19-20H,11-13H2,(H,18,21)/t16-/m1/s1. The van der Waals surface area contributed by atoms with Crippen molar-refractivity contribution in [1.29, 1.82) is 0 Å². The molecule has 1 atom stereocenters. The average Bonchev–Trinajstić information content (AvgIpc) is 2.60. The molecule has 2 aromatic rings. The van der Waals surface area contributed by atoms with Crippen LogP contribution >= 0.6 is 0 Å². The molecule has 2 aromatic carbocycles. The maximum atomic E-state index is 12.5. The Kier molecular flexibility index (Phi) is 6.48. The van der Waals surface area contributed by atoms with Crippen molar-refractivity contribution in [2.24, 2.45) is 0 Å². The number of nitrogens with one attached hydrogen (secondary N) is 2. The molecule has 2 rings (SSSR count). The molecule has 0 spiro atoms. The number of amides is 1. The van der Waals surface area contributed by atoms with Crippen molar-refractivity contribution in [2.45, 2.75) is 17.4 Å². The molecule has 128 valence electrons. The number of hydrogen-bond acceptors (Lipinski definition) is 4. The molecule has 1 amide bonds. The molecular weight excluding hydrogens is 328 g/mol. The van der Waals surface area contributed by atoms with Crippen LogP contribution in [0.1, 0.15) is 5.56 Å². The van der Waals surface area contributed by atoms with E-state index in [0.29, 0.717) is 0 Å². The highest BCUT2D eigenvalue weighted by molar-refractivity contribution is 7.89. The predicted molar refractivity (Wildman–Crippen MR) is 90.8 cm³/mol. The van der Waals surface area contributed by atoms with Crippen LogP contribution in [0.4, 0.5) is 0 Å². The lowest BCUT2D eigenvalue weighted by atomic mass is 10.1. The number of aliphatic hydroxyl groups is 1. The number of benzene rings is 2. The van der Waals surface area contributed by atoms with E-state index in [1.807, 2.05) is 30.3 Å². The van der Waals surface area contributed by atoms with Crippen LogP contribution < -0.4 is 10.0 Å². The van der Waals surface area contributed by atoms with E-state index in [1.54, 1.807) is 18.2 Å². The summed E-state index contributed by atoms with van der Waals surface area (Å²) >= 11 is 0. The van der Waals surface area contributed by atoms with Crippen LogP contribution in [-0.2, 0) is 21.2 Å². The molecule has 0 saturated carbocycles. The Morgan fingerprint density at radius 1 is 1.00 bits per heavy atom. The van der Waals surface area contributed by atoms with E-state index in [2.05, 4.69) is 10.0 Å². The molecule has 0 fully saturated rings. The number of hydrogen-bond donors (Lipinski definition) is 3. The Morgan fingerprint density at radius 2 is 1.58 bits per heavy atom. The number of sulfonamides is 1. The Bertz CT molecular complexity index is 749. The highest BCUT2D eigenvalue weighted by Gasteiger charge is 2.25. The lowest BCUT2D eigenvalue weighted by molar-refractivity contribution is -0.122. The van der Waals surface area contributed by atoms with E-state index in [0.717, 1.165) is 5.56 Å². The summed E-state index contributed by atoms with van der Waals surface area (Å²) in [6.07, 6.45) is 0.212. The number of carbonyl (C=O) groups is 1. The minimum atomic E-state index is -3.82. The molecule has 6 nitrogen and oxygen atoms in total. The molecule has 0 unspecified atom stereocenters. The predicted octanol–water partition coefficient (Wildman–Crippen LogP) is 0.685. The van der Waals surface area contributed by atoms with Gasteiger partial charge in [-0.3, -0.25) is 4.79 Å². The third kappa shape index (κ3) is 5.16. The molecule has 24 heavy (non-hydrogen) atoms. The minimum absolute atomic E-state index is 0.0667. The van der Waals surface area contributed by atoms with Gasteiger partial charge in [0.15, 0.2) is 0 Å². The van der Waals surface area contributed by atoms with Gasteiger partial charge in [0.2, 0.25) is 15.9 Å². The van der Waals surface area contributed by atoms with E-state index in [-0.39, 0.29) is 24.5 Å². The highest BCUT2D eigenvalue weighted by Crippen LogP contribution is 2.11. The third-order valence-electron chi connectivity index (χ3n) is 3.36. The highest BCUT2D eigenvalue weighted by atomic mass is 32.2. The lowest BCUT2D eigenvalue weighted by Crippen LogP contribution is -2.48. The first kappa shape index (κ1) is 18.1. The second kappa shape index (κ2) is 8.58. The maximum Gasteiger partial charge on any atom is 0.241 e. The average molecular weight is 348 g/mol. The Labute approximate surface area is 141 Å². The topological polar surface area (TPSA) is 95.5 Å². The first-order chi connectivity index (χ1) is 11.5. The van der Waals surface area contributed by atoms with Gasteiger partial charge in [0, 0.05) is 6.54 Å². The van der Waals surface area contributed by atoms with Crippen LogP contribution in [0.15, 0.2) is 65.6 Å². The third-order valence-corrected chi connectivity index (χ3v) is 4.85. The maximum absolute atomic E-state index is 12.5. The Morgan fingerprint density at radius 3 is 2.17 bits per heavy atom. The Balaban J connectivity index is 2.20. The molecule has 0 aliphatic rings. The fourth-order valence-corrected chi connectivity index (χ4v) is 3.41. The molecule has 0 heterocycles.